The summed E-state index contributed by atoms with van der Waals surface area (Å²) in [5, 5.41) is 0. The van der Waals surface area contributed by atoms with E-state index in [1.165, 1.54) is 25.7 Å². The maximum absolute atomic E-state index is 11.4. The highest BCUT2D eigenvalue weighted by Gasteiger charge is 2.55. The monoisotopic (exact) mass is 168 g/mol. The zero-order valence-electron chi connectivity index (χ0n) is 7.31. The number of nitrogens with one attached hydrogen (secondary N) is 1. The highest BCUT2D eigenvalue weighted by Crippen LogP contribution is 2.57. The molecule has 3 nitrogen and oxygen atoms in total. The predicted octanol–water partition coefficient (Wildman–Crippen LogP) is 0.947. The molecule has 0 aromatic rings. The number of hydrogen-bond acceptors (Lipinski definition) is 2. The van der Waals surface area contributed by atoms with Crippen LogP contribution < -0.4 is 11.3 Å². The maximum atomic E-state index is 11.4. The van der Waals surface area contributed by atoms with E-state index in [1.54, 1.807) is 0 Å². The molecule has 2 aliphatic rings. The van der Waals surface area contributed by atoms with Crippen LogP contribution in [0.4, 0.5) is 0 Å². The minimum Gasteiger partial charge on any atom is -0.294 e. The second-order valence-electron chi connectivity index (χ2n) is 4.11. The van der Waals surface area contributed by atoms with Crippen molar-refractivity contribution in [2.24, 2.45) is 17.2 Å². The van der Waals surface area contributed by atoms with Crippen molar-refractivity contribution in [1.29, 1.82) is 0 Å². The van der Waals surface area contributed by atoms with Gasteiger partial charge >= 0.3 is 0 Å². The Kier molecular flexibility index (Phi) is 1.83. The molecule has 2 aliphatic carbocycles. The summed E-state index contributed by atoms with van der Waals surface area (Å²) in [7, 11) is 0. The van der Waals surface area contributed by atoms with Crippen molar-refractivity contribution in [2.75, 3.05) is 0 Å². The highest BCUT2D eigenvalue weighted by molar-refractivity contribution is 5.85. The third kappa shape index (κ3) is 1.04. The Morgan fingerprint density at radius 3 is 2.33 bits per heavy atom. The number of rotatable bonds is 2. The Morgan fingerprint density at radius 2 is 1.92 bits per heavy atom. The number of amides is 1. The zero-order chi connectivity index (χ0) is 8.60. The van der Waals surface area contributed by atoms with E-state index in [0.717, 1.165) is 12.8 Å². The topological polar surface area (TPSA) is 55.1 Å². The van der Waals surface area contributed by atoms with Crippen molar-refractivity contribution in [1.82, 2.24) is 5.43 Å². The third-order valence-corrected chi connectivity index (χ3v) is 3.51. The van der Waals surface area contributed by atoms with E-state index in [-0.39, 0.29) is 11.3 Å². The molecule has 3 heteroatoms. The molecule has 0 aromatic heterocycles. The van der Waals surface area contributed by atoms with Crippen LogP contribution in [0.15, 0.2) is 0 Å². The van der Waals surface area contributed by atoms with E-state index in [4.69, 9.17) is 5.84 Å². The average molecular weight is 168 g/mol. The normalized spacial score (nSPS) is 27.1. The van der Waals surface area contributed by atoms with Crippen LogP contribution in [0, 0.1) is 11.3 Å². The van der Waals surface area contributed by atoms with Gasteiger partial charge in [0.15, 0.2) is 0 Å². The SMILES string of the molecule is NNC(=O)C1(C2CCCC2)CC1. The van der Waals surface area contributed by atoms with E-state index >= 15 is 0 Å². The van der Waals surface area contributed by atoms with E-state index in [9.17, 15) is 4.79 Å². The molecule has 0 radical (unpaired) electrons. The Morgan fingerprint density at radius 1 is 1.33 bits per heavy atom. The summed E-state index contributed by atoms with van der Waals surface area (Å²) in [5.41, 5.74) is 2.27. The highest BCUT2D eigenvalue weighted by atomic mass is 16.2. The van der Waals surface area contributed by atoms with Crippen molar-refractivity contribution in [2.45, 2.75) is 38.5 Å². The van der Waals surface area contributed by atoms with Gasteiger partial charge in [0.1, 0.15) is 0 Å². The van der Waals surface area contributed by atoms with Crippen LogP contribution in [0.2, 0.25) is 0 Å². The van der Waals surface area contributed by atoms with E-state index < -0.39 is 0 Å². The minimum atomic E-state index is -0.0365. The van der Waals surface area contributed by atoms with Crippen molar-refractivity contribution >= 4 is 5.91 Å². The average Bonchev–Trinajstić information content (AvgIpc) is 2.73. The lowest BCUT2D eigenvalue weighted by Crippen LogP contribution is -2.40. The lowest BCUT2D eigenvalue weighted by Gasteiger charge is -2.19. The lowest BCUT2D eigenvalue weighted by atomic mass is 9.87. The Bertz CT molecular complexity index is 193. The molecule has 3 N–H and O–H groups in total. The lowest BCUT2D eigenvalue weighted by molar-refractivity contribution is -0.128. The largest absolute Gasteiger partial charge is 0.294 e. The molecule has 0 spiro atoms. The van der Waals surface area contributed by atoms with Crippen LogP contribution in [0.25, 0.3) is 0 Å². The second-order valence-corrected chi connectivity index (χ2v) is 4.11. The first-order chi connectivity index (χ1) is 5.79. The first kappa shape index (κ1) is 8.05. The number of nitrogens with two attached hydrogens (primary N) is 1. The second kappa shape index (κ2) is 2.73. The molecule has 0 aromatic carbocycles. The van der Waals surface area contributed by atoms with E-state index in [0.29, 0.717) is 5.92 Å². The zero-order valence-corrected chi connectivity index (χ0v) is 7.31. The first-order valence-electron chi connectivity index (χ1n) is 4.81. The van der Waals surface area contributed by atoms with Crippen LogP contribution in [-0.4, -0.2) is 5.91 Å². The number of hydrogen-bond donors (Lipinski definition) is 2. The van der Waals surface area contributed by atoms with Crippen molar-refractivity contribution in [3.8, 4) is 0 Å². The molecule has 1 amide bonds. The maximum Gasteiger partial charge on any atom is 0.240 e. The smallest absolute Gasteiger partial charge is 0.240 e. The van der Waals surface area contributed by atoms with Crippen LogP contribution in [-0.2, 0) is 4.79 Å². The molecule has 0 heterocycles. The standard InChI is InChI=1S/C9H16N2O/c10-11-8(12)9(5-6-9)7-3-1-2-4-7/h7H,1-6,10H2,(H,11,12). The van der Waals surface area contributed by atoms with Crippen molar-refractivity contribution < 1.29 is 4.79 Å². The Labute approximate surface area is 72.7 Å². The van der Waals surface area contributed by atoms with Crippen LogP contribution >= 0.6 is 0 Å². The summed E-state index contributed by atoms with van der Waals surface area (Å²) in [5.74, 6) is 5.87. The molecule has 0 aliphatic heterocycles. The fourth-order valence-corrected chi connectivity index (χ4v) is 2.58. The van der Waals surface area contributed by atoms with Crippen LogP contribution in [0.1, 0.15) is 38.5 Å². The van der Waals surface area contributed by atoms with Gasteiger partial charge in [0.25, 0.3) is 0 Å². The summed E-state index contributed by atoms with van der Waals surface area (Å²) in [6.07, 6.45) is 7.16. The minimum absolute atomic E-state index is 0.0365. The van der Waals surface area contributed by atoms with E-state index in [1.807, 2.05) is 0 Å². The number of hydrazine groups is 1. The number of carbonyl (C=O) groups is 1. The van der Waals surface area contributed by atoms with E-state index in [2.05, 4.69) is 5.43 Å². The Balaban J connectivity index is 2.05. The molecule has 68 valence electrons. The summed E-state index contributed by atoms with van der Waals surface area (Å²) in [6, 6.07) is 0. The number of carbonyl (C=O) groups excluding carboxylic acids is 1. The molecule has 0 saturated heterocycles. The molecule has 2 fully saturated rings. The predicted molar refractivity (Wildman–Crippen MR) is 46.0 cm³/mol. The fraction of sp³-hybridized carbons (Fsp3) is 0.889. The van der Waals surface area contributed by atoms with Crippen molar-refractivity contribution in [3.63, 3.8) is 0 Å². The molecule has 12 heavy (non-hydrogen) atoms. The first-order valence-corrected chi connectivity index (χ1v) is 4.81. The molecule has 0 atom stereocenters. The van der Waals surface area contributed by atoms with Crippen molar-refractivity contribution in [3.05, 3.63) is 0 Å². The molecule has 0 bridgehead atoms. The van der Waals surface area contributed by atoms with Gasteiger partial charge in [0.05, 0.1) is 5.41 Å². The molecular formula is C9H16N2O. The van der Waals surface area contributed by atoms with Gasteiger partial charge in [-0.15, -0.1) is 0 Å². The van der Waals surface area contributed by atoms with Gasteiger partial charge in [-0.05, 0) is 31.6 Å². The van der Waals surface area contributed by atoms with Crippen LogP contribution in [0.5, 0.6) is 0 Å². The molecular weight excluding hydrogens is 152 g/mol. The van der Waals surface area contributed by atoms with Gasteiger partial charge in [-0.25, -0.2) is 5.84 Å². The third-order valence-electron chi connectivity index (χ3n) is 3.51. The quantitative estimate of drug-likeness (QED) is 0.366. The van der Waals surface area contributed by atoms with Gasteiger partial charge in [-0.2, -0.15) is 0 Å². The van der Waals surface area contributed by atoms with Gasteiger partial charge in [-0.3, -0.25) is 10.2 Å². The molecule has 2 rings (SSSR count). The Hall–Kier alpha value is -0.570. The fourth-order valence-electron chi connectivity index (χ4n) is 2.58. The summed E-state index contributed by atoms with van der Waals surface area (Å²) in [6.45, 7) is 0. The molecule has 2 saturated carbocycles. The summed E-state index contributed by atoms with van der Waals surface area (Å²) >= 11 is 0. The van der Waals surface area contributed by atoms with Crippen LogP contribution in [0.3, 0.4) is 0 Å². The van der Waals surface area contributed by atoms with Gasteiger partial charge < -0.3 is 0 Å². The van der Waals surface area contributed by atoms with Gasteiger partial charge in [-0.1, -0.05) is 12.8 Å². The van der Waals surface area contributed by atoms with Gasteiger partial charge in [0, 0.05) is 0 Å². The van der Waals surface area contributed by atoms with Gasteiger partial charge in [0.2, 0.25) is 5.91 Å². The molecule has 0 unspecified atom stereocenters. The summed E-state index contributed by atoms with van der Waals surface area (Å²) in [4.78, 5) is 11.4. The summed E-state index contributed by atoms with van der Waals surface area (Å²) < 4.78 is 0.